The maximum atomic E-state index is 10.9. The van der Waals surface area contributed by atoms with Gasteiger partial charge < -0.3 is 5.11 Å². The van der Waals surface area contributed by atoms with Gasteiger partial charge in [-0.1, -0.05) is 63.5 Å². The first-order valence-corrected chi connectivity index (χ1v) is 8.63. The van der Waals surface area contributed by atoms with E-state index in [2.05, 4.69) is 12.2 Å². The quantitative estimate of drug-likeness (QED) is 0.299. The number of ketones is 1. The number of hydrogen-bond acceptors (Lipinski definition) is 2. The number of hydrogen-bond donors (Lipinski definition) is 1. The number of Topliss-reactive ketones (excluding diaryl/α,β-unsaturated/α-hetero) is 1. The molecule has 0 bridgehead atoms. The number of allylic oxidation sites excluding steroid dienone is 2. The first-order valence-electron chi connectivity index (χ1n) is 8.63. The third-order valence-corrected chi connectivity index (χ3v) is 4.33. The van der Waals surface area contributed by atoms with E-state index >= 15 is 0 Å². The number of aliphatic carboxylic acids is 1. The van der Waals surface area contributed by atoms with Crippen LogP contribution in [0, 0.1) is 5.92 Å². The number of carbonyl (C=O) groups is 2. The molecule has 0 saturated heterocycles. The molecule has 0 aromatic rings. The van der Waals surface area contributed by atoms with Crippen LogP contribution in [0.15, 0.2) is 12.2 Å². The van der Waals surface area contributed by atoms with Gasteiger partial charge in [0.05, 0.1) is 0 Å². The molecular formula is C18H30O3. The molecule has 0 aromatic carbocycles. The summed E-state index contributed by atoms with van der Waals surface area (Å²) in [6, 6.07) is 0. The fourth-order valence-corrected chi connectivity index (χ4v) is 2.97. The van der Waals surface area contributed by atoms with Gasteiger partial charge in [-0.2, -0.15) is 0 Å². The summed E-state index contributed by atoms with van der Waals surface area (Å²) in [7, 11) is 0. The van der Waals surface area contributed by atoms with Crippen LogP contribution in [-0.4, -0.2) is 16.9 Å². The predicted molar refractivity (Wildman–Crippen MR) is 85.3 cm³/mol. The highest BCUT2D eigenvalue weighted by Crippen LogP contribution is 2.23. The van der Waals surface area contributed by atoms with E-state index in [9.17, 15) is 9.59 Å². The van der Waals surface area contributed by atoms with Crippen LogP contribution in [0.3, 0.4) is 0 Å². The number of rotatable bonds is 13. The van der Waals surface area contributed by atoms with Gasteiger partial charge in [-0.15, -0.1) is 0 Å². The number of unbranched alkanes of at least 4 members (excludes halogenated alkanes) is 8. The van der Waals surface area contributed by atoms with Crippen LogP contribution in [0.1, 0.15) is 83.5 Å². The summed E-state index contributed by atoms with van der Waals surface area (Å²) in [4.78, 5) is 21.2. The monoisotopic (exact) mass is 294 g/mol. The van der Waals surface area contributed by atoms with Crippen LogP contribution in [-0.2, 0) is 9.59 Å². The largest absolute Gasteiger partial charge is 0.476 e. The summed E-state index contributed by atoms with van der Waals surface area (Å²) in [5.74, 6) is -1.08. The van der Waals surface area contributed by atoms with Crippen LogP contribution < -0.4 is 0 Å². The maximum Gasteiger partial charge on any atom is 0.372 e. The zero-order valence-corrected chi connectivity index (χ0v) is 13.2. The molecule has 0 unspecified atom stereocenters. The third-order valence-electron chi connectivity index (χ3n) is 4.33. The van der Waals surface area contributed by atoms with Crippen molar-refractivity contribution in [2.75, 3.05) is 0 Å². The number of carbonyl (C=O) groups excluding carboxylic acids is 1. The van der Waals surface area contributed by atoms with Crippen LogP contribution in [0.25, 0.3) is 0 Å². The highest BCUT2D eigenvalue weighted by molar-refractivity contribution is 6.32. The lowest BCUT2D eigenvalue weighted by molar-refractivity contribution is -0.149. The second kappa shape index (κ2) is 11.5. The Balaban J connectivity index is 1.75. The van der Waals surface area contributed by atoms with Crippen molar-refractivity contribution in [1.82, 2.24) is 0 Å². The minimum absolute atomic E-state index is 0.199. The van der Waals surface area contributed by atoms with Gasteiger partial charge in [-0.05, 0) is 31.6 Å². The molecule has 3 nitrogen and oxygen atoms in total. The molecule has 0 heterocycles. The number of carboxylic acids is 1. The van der Waals surface area contributed by atoms with Gasteiger partial charge in [0.15, 0.2) is 0 Å². The first kappa shape index (κ1) is 17.9. The lowest BCUT2D eigenvalue weighted by Gasteiger charge is -2.06. The summed E-state index contributed by atoms with van der Waals surface area (Å²) in [6.45, 7) is 0. The zero-order chi connectivity index (χ0) is 15.3. The summed E-state index contributed by atoms with van der Waals surface area (Å²) in [5.41, 5.74) is 0. The Morgan fingerprint density at radius 1 is 0.905 bits per heavy atom. The Morgan fingerprint density at radius 2 is 1.48 bits per heavy atom. The molecule has 1 rings (SSSR count). The van der Waals surface area contributed by atoms with Crippen LogP contribution in [0.2, 0.25) is 0 Å². The van der Waals surface area contributed by atoms with Gasteiger partial charge in [0, 0.05) is 6.42 Å². The molecule has 21 heavy (non-hydrogen) atoms. The van der Waals surface area contributed by atoms with Gasteiger partial charge in [-0.25, -0.2) is 4.79 Å². The molecule has 0 aromatic heterocycles. The molecule has 0 fully saturated rings. The molecule has 1 aliphatic carbocycles. The Hall–Kier alpha value is -1.12. The van der Waals surface area contributed by atoms with Crippen molar-refractivity contribution in [1.29, 1.82) is 0 Å². The van der Waals surface area contributed by atoms with Crippen molar-refractivity contribution in [3.05, 3.63) is 12.2 Å². The Kier molecular flexibility index (Phi) is 9.84. The molecule has 0 spiro atoms. The molecule has 1 aliphatic rings. The van der Waals surface area contributed by atoms with E-state index in [0.29, 0.717) is 0 Å². The van der Waals surface area contributed by atoms with E-state index in [1.165, 1.54) is 57.8 Å². The van der Waals surface area contributed by atoms with Crippen molar-refractivity contribution in [3.8, 4) is 0 Å². The normalized spacial score (nSPS) is 17.2. The van der Waals surface area contributed by atoms with Crippen molar-refractivity contribution >= 4 is 11.8 Å². The van der Waals surface area contributed by atoms with Crippen molar-refractivity contribution < 1.29 is 14.7 Å². The highest BCUT2D eigenvalue weighted by atomic mass is 16.4. The summed E-state index contributed by atoms with van der Waals surface area (Å²) in [5, 5.41) is 8.44. The maximum absolute atomic E-state index is 10.9. The molecule has 1 atom stereocenters. The van der Waals surface area contributed by atoms with Crippen molar-refractivity contribution in [2.45, 2.75) is 83.5 Å². The first-order chi connectivity index (χ1) is 10.2. The fourth-order valence-electron chi connectivity index (χ4n) is 2.97. The molecule has 0 amide bonds. The SMILES string of the molecule is O=C(O)C(=O)CCCCCCCCCCC[C@@H]1C=CCC1. The standard InChI is InChI=1S/C18H30O3/c19-17(18(20)21)15-9-7-5-3-1-2-4-6-8-12-16-13-10-11-14-16/h10,13,16H,1-9,11-12,14-15H2,(H,20,21)/t16-/m1/s1. The van der Waals surface area contributed by atoms with E-state index in [0.717, 1.165) is 25.2 Å². The fraction of sp³-hybridized carbons (Fsp3) is 0.778. The average molecular weight is 294 g/mol. The zero-order valence-electron chi connectivity index (χ0n) is 13.2. The van der Waals surface area contributed by atoms with Gasteiger partial charge in [0.2, 0.25) is 5.78 Å². The van der Waals surface area contributed by atoms with E-state index in [-0.39, 0.29) is 6.42 Å². The summed E-state index contributed by atoms with van der Waals surface area (Å²) < 4.78 is 0. The van der Waals surface area contributed by atoms with E-state index in [4.69, 9.17) is 5.11 Å². The van der Waals surface area contributed by atoms with E-state index < -0.39 is 11.8 Å². The van der Waals surface area contributed by atoms with Crippen LogP contribution in [0.4, 0.5) is 0 Å². The lowest BCUT2D eigenvalue weighted by Crippen LogP contribution is -2.11. The Morgan fingerprint density at radius 3 is 2.00 bits per heavy atom. The molecule has 1 N–H and O–H groups in total. The van der Waals surface area contributed by atoms with Gasteiger partial charge >= 0.3 is 5.97 Å². The van der Waals surface area contributed by atoms with E-state index in [1.54, 1.807) is 0 Å². The van der Waals surface area contributed by atoms with Gasteiger partial charge in [0.1, 0.15) is 0 Å². The summed E-state index contributed by atoms with van der Waals surface area (Å²) >= 11 is 0. The van der Waals surface area contributed by atoms with Crippen molar-refractivity contribution in [2.24, 2.45) is 5.92 Å². The number of carboxylic acid groups (broad SMARTS) is 1. The van der Waals surface area contributed by atoms with Gasteiger partial charge in [0.25, 0.3) is 0 Å². The molecule has 0 saturated carbocycles. The van der Waals surface area contributed by atoms with Gasteiger partial charge in [-0.3, -0.25) is 4.79 Å². The Bertz CT molecular complexity index is 333. The predicted octanol–water partition coefficient (Wildman–Crippen LogP) is 4.90. The molecule has 3 heteroatoms. The lowest BCUT2D eigenvalue weighted by atomic mass is 9.99. The Labute approximate surface area is 128 Å². The second-order valence-electron chi connectivity index (χ2n) is 6.21. The van der Waals surface area contributed by atoms with Crippen molar-refractivity contribution in [3.63, 3.8) is 0 Å². The van der Waals surface area contributed by atoms with Crippen LogP contribution in [0.5, 0.6) is 0 Å². The third kappa shape index (κ3) is 9.43. The molecule has 120 valence electrons. The minimum atomic E-state index is -1.29. The smallest absolute Gasteiger partial charge is 0.372 e. The summed E-state index contributed by atoms with van der Waals surface area (Å²) in [6.07, 6.45) is 19.6. The topological polar surface area (TPSA) is 54.4 Å². The average Bonchev–Trinajstić information content (AvgIpc) is 2.97. The highest BCUT2D eigenvalue weighted by Gasteiger charge is 2.09. The second-order valence-corrected chi connectivity index (χ2v) is 6.21. The molecule has 0 radical (unpaired) electrons. The van der Waals surface area contributed by atoms with Crippen LogP contribution >= 0.6 is 0 Å². The molecular weight excluding hydrogens is 264 g/mol. The van der Waals surface area contributed by atoms with E-state index in [1.807, 2.05) is 0 Å². The molecule has 0 aliphatic heterocycles. The minimum Gasteiger partial charge on any atom is -0.476 e.